The van der Waals surface area contributed by atoms with Gasteiger partial charge < -0.3 is 15.4 Å². The smallest absolute Gasteiger partial charge is 0.267 e. The zero-order valence-corrected chi connectivity index (χ0v) is 15.4. The van der Waals surface area contributed by atoms with Crippen molar-refractivity contribution in [3.8, 4) is 5.75 Å². The van der Waals surface area contributed by atoms with Gasteiger partial charge in [0.05, 0.1) is 7.11 Å². The molecule has 1 heterocycles. The van der Waals surface area contributed by atoms with Crippen molar-refractivity contribution >= 4 is 29.2 Å². The van der Waals surface area contributed by atoms with Gasteiger partial charge in [-0.05, 0) is 47.7 Å². The van der Waals surface area contributed by atoms with E-state index in [1.807, 2.05) is 31.4 Å². The van der Waals surface area contributed by atoms with Crippen molar-refractivity contribution in [3.05, 3.63) is 57.9 Å². The lowest BCUT2D eigenvalue weighted by Gasteiger charge is -2.12. The molecule has 2 aromatic rings. The molecule has 6 heteroatoms. The van der Waals surface area contributed by atoms with Crippen molar-refractivity contribution in [2.24, 2.45) is 5.92 Å². The first kappa shape index (κ1) is 18.7. The van der Waals surface area contributed by atoms with Gasteiger partial charge in [-0.1, -0.05) is 19.9 Å². The van der Waals surface area contributed by atoms with E-state index in [2.05, 4.69) is 10.6 Å². The summed E-state index contributed by atoms with van der Waals surface area (Å²) in [7, 11) is 1.57. The van der Waals surface area contributed by atoms with Crippen molar-refractivity contribution in [3.63, 3.8) is 0 Å². The Kier molecular flexibility index (Phi) is 6.77. The minimum atomic E-state index is -0.342. The highest BCUT2D eigenvalue weighted by Gasteiger charge is 2.15. The average molecular weight is 358 g/mol. The SMILES string of the molecule is COc1ccc(C(=O)N/C(=C\c2cccs2)C(=O)NCC(C)C)cc1. The van der Waals surface area contributed by atoms with Crippen molar-refractivity contribution < 1.29 is 14.3 Å². The average Bonchev–Trinajstić information content (AvgIpc) is 3.12. The molecule has 5 nitrogen and oxygen atoms in total. The van der Waals surface area contributed by atoms with Crippen LogP contribution >= 0.6 is 11.3 Å². The highest BCUT2D eigenvalue weighted by molar-refractivity contribution is 7.10. The van der Waals surface area contributed by atoms with Crippen LogP contribution in [0.15, 0.2) is 47.5 Å². The molecule has 0 aliphatic rings. The molecule has 1 aromatic heterocycles. The quantitative estimate of drug-likeness (QED) is 0.746. The predicted octanol–water partition coefficient (Wildman–Crippen LogP) is 3.30. The number of carbonyl (C=O) groups excluding carboxylic acids is 2. The molecule has 25 heavy (non-hydrogen) atoms. The van der Waals surface area contributed by atoms with Crippen LogP contribution < -0.4 is 15.4 Å². The molecule has 0 fully saturated rings. The van der Waals surface area contributed by atoms with E-state index >= 15 is 0 Å². The Hall–Kier alpha value is -2.60. The molecule has 0 atom stereocenters. The van der Waals surface area contributed by atoms with Gasteiger partial charge in [0.2, 0.25) is 0 Å². The number of carbonyl (C=O) groups is 2. The van der Waals surface area contributed by atoms with Crippen LogP contribution in [0, 0.1) is 5.92 Å². The van der Waals surface area contributed by atoms with Gasteiger partial charge in [-0.15, -0.1) is 11.3 Å². The lowest BCUT2D eigenvalue weighted by atomic mass is 10.2. The van der Waals surface area contributed by atoms with Crippen LogP contribution in [0.2, 0.25) is 0 Å². The maximum absolute atomic E-state index is 12.5. The van der Waals surface area contributed by atoms with Gasteiger partial charge in [0, 0.05) is 17.0 Å². The number of benzene rings is 1. The normalized spacial score (nSPS) is 11.3. The number of rotatable bonds is 7. The third kappa shape index (κ3) is 5.76. The van der Waals surface area contributed by atoms with E-state index in [4.69, 9.17) is 4.74 Å². The second-order valence-corrected chi connectivity index (χ2v) is 6.84. The van der Waals surface area contributed by atoms with Crippen LogP contribution in [-0.2, 0) is 4.79 Å². The maximum Gasteiger partial charge on any atom is 0.267 e. The third-order valence-corrected chi connectivity index (χ3v) is 4.16. The Labute approximate surface area is 151 Å². The van der Waals surface area contributed by atoms with Crippen LogP contribution in [0.4, 0.5) is 0 Å². The number of amides is 2. The number of methoxy groups -OCH3 is 1. The first-order valence-electron chi connectivity index (χ1n) is 7.98. The Morgan fingerprint density at radius 2 is 1.92 bits per heavy atom. The van der Waals surface area contributed by atoms with E-state index in [0.717, 1.165) is 4.88 Å². The summed E-state index contributed by atoms with van der Waals surface area (Å²) in [6.45, 7) is 4.57. The molecule has 2 N–H and O–H groups in total. The molecule has 2 rings (SSSR count). The molecule has 0 spiro atoms. The summed E-state index contributed by atoms with van der Waals surface area (Å²) >= 11 is 1.50. The zero-order chi connectivity index (χ0) is 18.2. The fourth-order valence-corrected chi connectivity index (χ4v) is 2.66. The highest BCUT2D eigenvalue weighted by atomic mass is 32.1. The minimum Gasteiger partial charge on any atom is -0.497 e. The van der Waals surface area contributed by atoms with E-state index in [1.54, 1.807) is 37.5 Å². The monoisotopic (exact) mass is 358 g/mol. The number of hydrogen-bond donors (Lipinski definition) is 2. The van der Waals surface area contributed by atoms with Crippen molar-refractivity contribution in [2.45, 2.75) is 13.8 Å². The second kappa shape index (κ2) is 9.03. The zero-order valence-electron chi connectivity index (χ0n) is 14.5. The van der Waals surface area contributed by atoms with Gasteiger partial charge in [-0.2, -0.15) is 0 Å². The van der Waals surface area contributed by atoms with Crippen LogP contribution in [0.1, 0.15) is 29.1 Å². The Morgan fingerprint density at radius 1 is 1.20 bits per heavy atom. The molecule has 0 saturated carbocycles. The number of nitrogens with one attached hydrogen (secondary N) is 2. The number of hydrogen-bond acceptors (Lipinski definition) is 4. The van der Waals surface area contributed by atoms with Gasteiger partial charge >= 0.3 is 0 Å². The molecular formula is C19H22N2O3S. The maximum atomic E-state index is 12.5. The predicted molar refractivity (Wildman–Crippen MR) is 101 cm³/mol. The standard InChI is InChI=1S/C19H22N2O3S/c1-13(2)12-20-19(23)17(11-16-5-4-10-25-16)21-18(22)14-6-8-15(24-3)9-7-14/h4-11,13H,12H2,1-3H3,(H,20,23)(H,21,22)/b17-11-. The van der Waals surface area contributed by atoms with E-state index in [1.165, 1.54) is 11.3 Å². The summed E-state index contributed by atoms with van der Waals surface area (Å²) in [4.78, 5) is 25.8. The van der Waals surface area contributed by atoms with Crippen LogP contribution in [0.3, 0.4) is 0 Å². The molecular weight excluding hydrogens is 336 g/mol. The molecule has 132 valence electrons. The third-order valence-electron chi connectivity index (χ3n) is 3.35. The van der Waals surface area contributed by atoms with Crippen molar-refractivity contribution in [1.29, 1.82) is 0 Å². The summed E-state index contributed by atoms with van der Waals surface area (Å²) in [6, 6.07) is 10.5. The minimum absolute atomic E-state index is 0.226. The molecule has 0 unspecified atom stereocenters. The summed E-state index contributed by atoms with van der Waals surface area (Å²) in [5.74, 6) is 0.346. The lowest BCUT2D eigenvalue weighted by molar-refractivity contribution is -0.117. The molecule has 0 aliphatic carbocycles. The van der Waals surface area contributed by atoms with Gasteiger partial charge in [0.1, 0.15) is 11.4 Å². The Bertz CT molecular complexity index is 735. The van der Waals surface area contributed by atoms with Gasteiger partial charge in [-0.3, -0.25) is 9.59 Å². The summed E-state index contributed by atoms with van der Waals surface area (Å²) in [5.41, 5.74) is 0.679. The molecule has 1 aromatic carbocycles. The number of thiophene rings is 1. The van der Waals surface area contributed by atoms with Crippen molar-refractivity contribution in [2.75, 3.05) is 13.7 Å². The van der Waals surface area contributed by atoms with Crippen molar-refractivity contribution in [1.82, 2.24) is 10.6 Å². The molecule has 2 amide bonds. The molecule has 0 aliphatic heterocycles. The molecule has 0 radical (unpaired) electrons. The van der Waals surface area contributed by atoms with Gasteiger partial charge in [-0.25, -0.2) is 0 Å². The summed E-state index contributed by atoms with van der Waals surface area (Å²) < 4.78 is 5.09. The lowest BCUT2D eigenvalue weighted by Crippen LogP contribution is -2.36. The number of ether oxygens (including phenoxy) is 1. The fourth-order valence-electron chi connectivity index (χ4n) is 2.00. The second-order valence-electron chi connectivity index (χ2n) is 5.86. The van der Waals surface area contributed by atoms with E-state index in [9.17, 15) is 9.59 Å². The van der Waals surface area contributed by atoms with E-state index in [0.29, 0.717) is 23.8 Å². The summed E-state index contributed by atoms with van der Waals surface area (Å²) in [6.07, 6.45) is 1.68. The topological polar surface area (TPSA) is 67.4 Å². The van der Waals surface area contributed by atoms with Crippen LogP contribution in [0.25, 0.3) is 6.08 Å². The van der Waals surface area contributed by atoms with Gasteiger partial charge in [0.25, 0.3) is 11.8 Å². The van der Waals surface area contributed by atoms with E-state index < -0.39 is 0 Å². The summed E-state index contributed by atoms with van der Waals surface area (Å²) in [5, 5.41) is 7.46. The Balaban J connectivity index is 2.16. The van der Waals surface area contributed by atoms with Gasteiger partial charge in [0.15, 0.2) is 0 Å². The molecule has 0 bridgehead atoms. The first-order chi connectivity index (χ1) is 12.0. The van der Waals surface area contributed by atoms with Crippen LogP contribution in [-0.4, -0.2) is 25.5 Å². The largest absolute Gasteiger partial charge is 0.497 e. The first-order valence-corrected chi connectivity index (χ1v) is 8.86. The Morgan fingerprint density at radius 3 is 2.48 bits per heavy atom. The van der Waals surface area contributed by atoms with Crippen LogP contribution in [0.5, 0.6) is 5.75 Å². The van der Waals surface area contributed by atoms with E-state index in [-0.39, 0.29) is 17.5 Å². The molecule has 0 saturated heterocycles. The highest BCUT2D eigenvalue weighted by Crippen LogP contribution is 2.14. The fraction of sp³-hybridized carbons (Fsp3) is 0.263.